The lowest BCUT2D eigenvalue weighted by Gasteiger charge is -2.30. The summed E-state index contributed by atoms with van der Waals surface area (Å²) in [7, 11) is 1.59. The Morgan fingerprint density at radius 1 is 1.29 bits per heavy atom. The van der Waals surface area contributed by atoms with Crippen LogP contribution in [0.1, 0.15) is 42.6 Å². The van der Waals surface area contributed by atoms with E-state index in [-0.39, 0.29) is 11.2 Å². The molecular weight excluding hydrogens is 310 g/mol. The van der Waals surface area contributed by atoms with Crippen molar-refractivity contribution >= 4 is 16.8 Å². The Morgan fingerprint density at radius 3 is 2.75 bits per heavy atom. The molecule has 7 heteroatoms. The molecule has 128 valence electrons. The maximum atomic E-state index is 12.4. The Kier molecular flexibility index (Phi) is 4.13. The largest absolute Gasteiger partial charge is 0.385 e. The van der Waals surface area contributed by atoms with E-state index >= 15 is 0 Å². The highest BCUT2D eigenvalue weighted by molar-refractivity contribution is 6.02. The van der Waals surface area contributed by atoms with E-state index in [1.807, 2.05) is 13.8 Å². The van der Waals surface area contributed by atoms with Crippen LogP contribution in [0.25, 0.3) is 11.0 Å². The minimum Gasteiger partial charge on any atom is -0.385 e. The Labute approximate surface area is 138 Å². The van der Waals surface area contributed by atoms with Gasteiger partial charge >= 0.3 is 5.69 Å². The number of Topliss-reactive ketones (excluding diaryl/α,β-unsaturated/α-hetero) is 1. The van der Waals surface area contributed by atoms with Gasteiger partial charge in [-0.1, -0.05) is 13.8 Å². The van der Waals surface area contributed by atoms with Gasteiger partial charge in [0.1, 0.15) is 5.65 Å². The Balaban J connectivity index is 2.26. The summed E-state index contributed by atoms with van der Waals surface area (Å²) in [5.74, 6) is -0.00724. The molecule has 2 aromatic rings. The normalized spacial score (nSPS) is 16.4. The summed E-state index contributed by atoms with van der Waals surface area (Å²) in [5, 5.41) is 0.352. The number of ether oxygens (including phenoxy) is 1. The molecule has 3 rings (SSSR count). The number of nitrogens with zero attached hydrogens (tertiary/aromatic N) is 2. The van der Waals surface area contributed by atoms with E-state index in [9.17, 15) is 14.4 Å². The van der Waals surface area contributed by atoms with Crippen LogP contribution in [0.15, 0.2) is 15.8 Å². The fourth-order valence-corrected chi connectivity index (χ4v) is 3.37. The van der Waals surface area contributed by atoms with Gasteiger partial charge in [-0.25, -0.2) is 9.78 Å². The first kappa shape index (κ1) is 16.6. The van der Waals surface area contributed by atoms with Crippen molar-refractivity contribution in [3.63, 3.8) is 0 Å². The van der Waals surface area contributed by atoms with Gasteiger partial charge in [-0.3, -0.25) is 19.1 Å². The zero-order chi connectivity index (χ0) is 17.5. The van der Waals surface area contributed by atoms with Crippen LogP contribution in [0, 0.1) is 5.41 Å². The summed E-state index contributed by atoms with van der Waals surface area (Å²) >= 11 is 0. The van der Waals surface area contributed by atoms with Gasteiger partial charge in [-0.2, -0.15) is 0 Å². The smallest absolute Gasteiger partial charge is 0.329 e. The second kappa shape index (κ2) is 5.98. The summed E-state index contributed by atoms with van der Waals surface area (Å²) in [6, 6.07) is 0. The molecular formula is C17H21N3O4. The average Bonchev–Trinajstić information content (AvgIpc) is 2.48. The van der Waals surface area contributed by atoms with Crippen molar-refractivity contribution < 1.29 is 9.53 Å². The number of aryl methyl sites for hydroxylation is 1. The van der Waals surface area contributed by atoms with E-state index in [0.29, 0.717) is 54.6 Å². The van der Waals surface area contributed by atoms with Crippen LogP contribution >= 0.6 is 0 Å². The molecule has 7 nitrogen and oxygen atoms in total. The van der Waals surface area contributed by atoms with Crippen LogP contribution in [0.3, 0.4) is 0 Å². The predicted molar refractivity (Wildman–Crippen MR) is 89.5 cm³/mol. The molecule has 0 spiro atoms. The number of carbonyl (C=O) groups excluding carboxylic acids is 1. The first-order valence-corrected chi connectivity index (χ1v) is 8.01. The fourth-order valence-electron chi connectivity index (χ4n) is 3.37. The van der Waals surface area contributed by atoms with Gasteiger partial charge in [-0.15, -0.1) is 0 Å². The summed E-state index contributed by atoms with van der Waals surface area (Å²) < 4.78 is 6.47. The fraction of sp³-hybridized carbons (Fsp3) is 0.529. The number of carbonyl (C=O) groups is 1. The number of ketones is 1. The lowest BCUT2D eigenvalue weighted by molar-refractivity contribution is 0.0912. The molecule has 0 amide bonds. The molecule has 0 atom stereocenters. The van der Waals surface area contributed by atoms with Gasteiger partial charge < -0.3 is 4.74 Å². The van der Waals surface area contributed by atoms with Crippen LogP contribution in [-0.4, -0.2) is 34.0 Å². The Hall–Kier alpha value is -2.28. The lowest BCUT2D eigenvalue weighted by atomic mass is 9.73. The van der Waals surface area contributed by atoms with Crippen LogP contribution in [0.5, 0.6) is 0 Å². The van der Waals surface area contributed by atoms with Crippen molar-refractivity contribution in [2.45, 2.75) is 39.7 Å². The minimum absolute atomic E-state index is 0.00724. The van der Waals surface area contributed by atoms with E-state index < -0.39 is 11.2 Å². The number of fused-ring (bicyclic) bond motifs is 3. The van der Waals surface area contributed by atoms with Gasteiger partial charge in [0.2, 0.25) is 0 Å². The molecule has 0 aromatic carbocycles. The zero-order valence-electron chi connectivity index (χ0n) is 14.1. The van der Waals surface area contributed by atoms with Crippen LogP contribution in [-0.2, 0) is 17.7 Å². The number of pyridine rings is 1. The summed E-state index contributed by atoms with van der Waals surface area (Å²) in [6.45, 7) is 4.90. The highest BCUT2D eigenvalue weighted by Crippen LogP contribution is 2.36. The Morgan fingerprint density at radius 2 is 2.04 bits per heavy atom. The van der Waals surface area contributed by atoms with Crippen molar-refractivity contribution in [2.24, 2.45) is 5.41 Å². The molecule has 1 aliphatic carbocycles. The monoisotopic (exact) mass is 331 g/mol. The molecule has 0 aliphatic heterocycles. The Bertz CT molecular complexity index is 924. The zero-order valence-corrected chi connectivity index (χ0v) is 14.1. The van der Waals surface area contributed by atoms with Gasteiger partial charge in [0.25, 0.3) is 5.56 Å². The summed E-state index contributed by atoms with van der Waals surface area (Å²) in [5.41, 5.74) is 0.341. The van der Waals surface area contributed by atoms with E-state index in [1.165, 1.54) is 10.8 Å². The van der Waals surface area contributed by atoms with E-state index in [2.05, 4.69) is 9.97 Å². The molecule has 0 unspecified atom stereocenters. The van der Waals surface area contributed by atoms with Crippen LogP contribution in [0.4, 0.5) is 0 Å². The highest BCUT2D eigenvalue weighted by Gasteiger charge is 2.33. The molecule has 1 aliphatic rings. The first-order valence-electron chi connectivity index (χ1n) is 8.01. The number of H-pyrrole nitrogens is 1. The third kappa shape index (κ3) is 2.80. The van der Waals surface area contributed by atoms with Crippen molar-refractivity contribution in [3.05, 3.63) is 38.2 Å². The van der Waals surface area contributed by atoms with E-state index in [0.717, 1.165) is 0 Å². The van der Waals surface area contributed by atoms with E-state index in [4.69, 9.17) is 4.74 Å². The van der Waals surface area contributed by atoms with Crippen molar-refractivity contribution in [1.82, 2.24) is 14.5 Å². The quantitative estimate of drug-likeness (QED) is 0.852. The average molecular weight is 331 g/mol. The van der Waals surface area contributed by atoms with Gasteiger partial charge in [0.05, 0.1) is 5.39 Å². The first-order chi connectivity index (χ1) is 11.3. The number of methoxy groups -OCH3 is 1. The molecule has 1 N–H and O–H groups in total. The predicted octanol–water partition coefficient (Wildman–Crippen LogP) is 1.28. The minimum atomic E-state index is -0.488. The van der Waals surface area contributed by atoms with Crippen LogP contribution in [0.2, 0.25) is 0 Å². The summed E-state index contributed by atoms with van der Waals surface area (Å²) in [6.07, 6.45) is 3.16. The topological polar surface area (TPSA) is 94.1 Å². The standard InChI is InChI=1S/C17H21N3O4/c1-17(2)7-10-11(12(21)8-17)9-18-14-13(10)15(22)19-16(23)20(14)5-4-6-24-3/h9H,4-8H2,1-3H3,(H,19,22,23). The van der Waals surface area contributed by atoms with E-state index in [1.54, 1.807) is 7.11 Å². The second-order valence-corrected chi connectivity index (χ2v) is 7.05. The maximum Gasteiger partial charge on any atom is 0.329 e. The SMILES string of the molecule is COCCCn1c(=O)[nH]c(=O)c2c3c(cnc21)C(=O)CC(C)(C)C3. The van der Waals surface area contributed by atoms with Gasteiger partial charge in [-0.05, 0) is 23.8 Å². The molecule has 2 aromatic heterocycles. The lowest BCUT2D eigenvalue weighted by Crippen LogP contribution is -2.34. The third-order valence-corrected chi connectivity index (χ3v) is 4.44. The number of aromatic amines is 1. The number of hydrogen-bond donors (Lipinski definition) is 1. The number of aromatic nitrogens is 3. The van der Waals surface area contributed by atoms with Crippen molar-refractivity contribution in [2.75, 3.05) is 13.7 Å². The molecule has 0 saturated carbocycles. The van der Waals surface area contributed by atoms with Crippen molar-refractivity contribution in [3.8, 4) is 0 Å². The number of nitrogens with one attached hydrogen (secondary N) is 1. The highest BCUT2D eigenvalue weighted by atomic mass is 16.5. The third-order valence-electron chi connectivity index (χ3n) is 4.44. The second-order valence-electron chi connectivity index (χ2n) is 7.05. The molecule has 2 heterocycles. The van der Waals surface area contributed by atoms with Crippen LogP contribution < -0.4 is 11.2 Å². The molecule has 0 saturated heterocycles. The maximum absolute atomic E-state index is 12.4. The van der Waals surface area contributed by atoms with Gasteiger partial charge in [0, 0.05) is 38.4 Å². The number of hydrogen-bond acceptors (Lipinski definition) is 5. The molecule has 0 fully saturated rings. The van der Waals surface area contributed by atoms with Gasteiger partial charge in [0.15, 0.2) is 5.78 Å². The summed E-state index contributed by atoms with van der Waals surface area (Å²) in [4.78, 5) is 43.6. The molecule has 0 bridgehead atoms. The van der Waals surface area contributed by atoms with Crippen molar-refractivity contribution in [1.29, 1.82) is 0 Å². The molecule has 24 heavy (non-hydrogen) atoms. The molecule has 0 radical (unpaired) electrons. The number of rotatable bonds is 4.